The van der Waals surface area contributed by atoms with Gasteiger partial charge in [-0.05, 0) is 51.6 Å². The van der Waals surface area contributed by atoms with E-state index in [0.29, 0.717) is 6.61 Å². The van der Waals surface area contributed by atoms with Crippen LogP contribution < -0.4 is 10.5 Å². The van der Waals surface area contributed by atoms with Crippen LogP contribution in [-0.4, -0.2) is 31.1 Å². The summed E-state index contributed by atoms with van der Waals surface area (Å²) in [4.78, 5) is 2.34. The van der Waals surface area contributed by atoms with Gasteiger partial charge in [0, 0.05) is 11.6 Å². The van der Waals surface area contributed by atoms with Crippen LogP contribution in [0.3, 0.4) is 0 Å². The summed E-state index contributed by atoms with van der Waals surface area (Å²) in [5, 5.41) is 0. The van der Waals surface area contributed by atoms with E-state index >= 15 is 0 Å². The average molecular weight is 276 g/mol. The molecule has 1 aromatic carbocycles. The molecular weight excluding hydrogens is 248 g/mol. The maximum atomic E-state index is 6.67. The summed E-state index contributed by atoms with van der Waals surface area (Å²) >= 11 is 0. The third kappa shape index (κ3) is 2.99. The van der Waals surface area contributed by atoms with Crippen molar-refractivity contribution in [2.75, 3.05) is 20.7 Å². The number of nitrogens with zero attached hydrogens (tertiary/aromatic N) is 1. The second-order valence-electron chi connectivity index (χ2n) is 6.04. The summed E-state index contributed by atoms with van der Waals surface area (Å²) in [6.45, 7) is 2.70. The molecule has 0 radical (unpaired) electrons. The van der Waals surface area contributed by atoms with Gasteiger partial charge in [0.1, 0.15) is 5.75 Å². The molecule has 0 bridgehead atoms. The van der Waals surface area contributed by atoms with Crippen molar-refractivity contribution >= 4 is 0 Å². The van der Waals surface area contributed by atoms with Crippen LogP contribution in [0.25, 0.3) is 0 Å². The van der Waals surface area contributed by atoms with Gasteiger partial charge in [-0.15, -0.1) is 0 Å². The van der Waals surface area contributed by atoms with E-state index in [1.54, 1.807) is 0 Å². The molecule has 3 heteroatoms. The van der Waals surface area contributed by atoms with E-state index in [-0.39, 0.29) is 11.6 Å². The number of hydrogen-bond donors (Lipinski definition) is 1. The Kier molecular flexibility index (Phi) is 5.06. The lowest BCUT2D eigenvalue weighted by Crippen LogP contribution is -2.53. The standard InChI is InChI=1S/C17H28N2O/c1-4-20-15-10-8-9-14(13-15)16(18)17(19(2)3)11-6-5-7-12-17/h8-10,13,16H,4-7,11-12,18H2,1-3H3. The summed E-state index contributed by atoms with van der Waals surface area (Å²) in [5.74, 6) is 0.921. The lowest BCUT2D eigenvalue weighted by Gasteiger charge is -2.47. The first-order valence-electron chi connectivity index (χ1n) is 7.76. The van der Waals surface area contributed by atoms with Crippen LogP contribution in [0.5, 0.6) is 5.75 Å². The highest BCUT2D eigenvalue weighted by molar-refractivity contribution is 5.32. The molecule has 112 valence electrons. The van der Waals surface area contributed by atoms with Gasteiger partial charge in [-0.2, -0.15) is 0 Å². The minimum atomic E-state index is 0.0400. The van der Waals surface area contributed by atoms with E-state index in [9.17, 15) is 0 Å². The summed E-state index contributed by atoms with van der Waals surface area (Å²) in [7, 11) is 4.33. The molecule has 0 amide bonds. The van der Waals surface area contributed by atoms with Crippen molar-refractivity contribution in [1.29, 1.82) is 0 Å². The summed E-state index contributed by atoms with van der Waals surface area (Å²) in [6.07, 6.45) is 6.25. The molecule has 1 fully saturated rings. The minimum absolute atomic E-state index is 0.0400. The third-order valence-corrected chi connectivity index (χ3v) is 4.72. The van der Waals surface area contributed by atoms with Gasteiger partial charge in [0.05, 0.1) is 6.61 Å². The molecule has 0 heterocycles. The first kappa shape index (κ1) is 15.3. The Labute approximate surface area is 123 Å². The fraction of sp³-hybridized carbons (Fsp3) is 0.647. The van der Waals surface area contributed by atoms with Gasteiger partial charge >= 0.3 is 0 Å². The van der Waals surface area contributed by atoms with Crippen LogP contribution in [0.2, 0.25) is 0 Å². The lowest BCUT2D eigenvalue weighted by molar-refractivity contribution is 0.0713. The minimum Gasteiger partial charge on any atom is -0.494 e. The Hall–Kier alpha value is -1.06. The Morgan fingerprint density at radius 1 is 1.25 bits per heavy atom. The van der Waals surface area contributed by atoms with Gasteiger partial charge in [-0.3, -0.25) is 0 Å². The predicted molar refractivity (Wildman–Crippen MR) is 84.0 cm³/mol. The molecule has 0 aliphatic heterocycles. The normalized spacial score (nSPS) is 19.9. The Morgan fingerprint density at radius 2 is 1.95 bits per heavy atom. The van der Waals surface area contributed by atoms with Crippen molar-refractivity contribution in [2.24, 2.45) is 5.73 Å². The van der Waals surface area contributed by atoms with Gasteiger partial charge in [0.25, 0.3) is 0 Å². The van der Waals surface area contributed by atoms with Crippen LogP contribution in [0, 0.1) is 0 Å². The fourth-order valence-corrected chi connectivity index (χ4v) is 3.48. The van der Waals surface area contributed by atoms with Crippen LogP contribution in [0.4, 0.5) is 0 Å². The van der Waals surface area contributed by atoms with Crippen molar-refractivity contribution in [2.45, 2.75) is 50.6 Å². The van der Waals surface area contributed by atoms with E-state index in [2.05, 4.69) is 31.1 Å². The zero-order valence-electron chi connectivity index (χ0n) is 13.1. The van der Waals surface area contributed by atoms with Gasteiger partial charge in [0.15, 0.2) is 0 Å². The molecule has 1 saturated carbocycles. The number of hydrogen-bond acceptors (Lipinski definition) is 3. The van der Waals surface area contributed by atoms with E-state index in [0.717, 1.165) is 5.75 Å². The number of nitrogens with two attached hydrogens (primary N) is 1. The molecule has 2 N–H and O–H groups in total. The molecule has 2 rings (SSSR count). The maximum Gasteiger partial charge on any atom is 0.119 e. The van der Waals surface area contributed by atoms with Crippen molar-refractivity contribution in [3.05, 3.63) is 29.8 Å². The monoisotopic (exact) mass is 276 g/mol. The molecule has 1 aliphatic carbocycles. The van der Waals surface area contributed by atoms with E-state index in [1.807, 2.05) is 19.1 Å². The molecular formula is C17H28N2O. The Balaban J connectivity index is 2.27. The average Bonchev–Trinajstić information content (AvgIpc) is 2.47. The van der Waals surface area contributed by atoms with E-state index < -0.39 is 0 Å². The van der Waals surface area contributed by atoms with Gasteiger partial charge in [-0.25, -0.2) is 0 Å². The molecule has 1 atom stereocenters. The predicted octanol–water partition coefficient (Wildman–Crippen LogP) is 3.35. The highest BCUT2D eigenvalue weighted by Crippen LogP contribution is 2.41. The summed E-state index contributed by atoms with van der Waals surface area (Å²) in [5.41, 5.74) is 7.95. The topological polar surface area (TPSA) is 38.5 Å². The molecule has 20 heavy (non-hydrogen) atoms. The number of rotatable bonds is 5. The van der Waals surface area contributed by atoms with Crippen LogP contribution in [-0.2, 0) is 0 Å². The molecule has 1 unspecified atom stereocenters. The van der Waals surface area contributed by atoms with Gasteiger partial charge < -0.3 is 15.4 Å². The Bertz CT molecular complexity index is 425. The largest absolute Gasteiger partial charge is 0.494 e. The number of benzene rings is 1. The molecule has 0 aromatic heterocycles. The third-order valence-electron chi connectivity index (χ3n) is 4.72. The van der Waals surface area contributed by atoms with Crippen LogP contribution in [0.15, 0.2) is 24.3 Å². The lowest BCUT2D eigenvalue weighted by atomic mass is 9.73. The van der Waals surface area contributed by atoms with Crippen molar-refractivity contribution in [3.8, 4) is 5.75 Å². The highest BCUT2D eigenvalue weighted by Gasteiger charge is 2.40. The second kappa shape index (κ2) is 6.59. The van der Waals surface area contributed by atoms with Crippen LogP contribution >= 0.6 is 0 Å². The second-order valence-corrected chi connectivity index (χ2v) is 6.04. The van der Waals surface area contributed by atoms with E-state index in [4.69, 9.17) is 10.5 Å². The zero-order valence-corrected chi connectivity index (χ0v) is 13.1. The quantitative estimate of drug-likeness (QED) is 0.896. The smallest absolute Gasteiger partial charge is 0.119 e. The van der Waals surface area contributed by atoms with Crippen molar-refractivity contribution in [3.63, 3.8) is 0 Å². The fourth-order valence-electron chi connectivity index (χ4n) is 3.48. The summed E-state index contributed by atoms with van der Waals surface area (Å²) < 4.78 is 5.61. The molecule has 0 saturated heterocycles. The number of likely N-dealkylation sites (N-methyl/N-ethyl adjacent to an activating group) is 1. The van der Waals surface area contributed by atoms with Crippen LogP contribution in [0.1, 0.15) is 50.6 Å². The van der Waals surface area contributed by atoms with Crippen molar-refractivity contribution in [1.82, 2.24) is 4.90 Å². The molecule has 0 spiro atoms. The van der Waals surface area contributed by atoms with Crippen molar-refractivity contribution < 1.29 is 4.74 Å². The summed E-state index contributed by atoms with van der Waals surface area (Å²) in [6, 6.07) is 8.33. The molecule has 3 nitrogen and oxygen atoms in total. The van der Waals surface area contributed by atoms with Gasteiger partial charge in [0.2, 0.25) is 0 Å². The number of ether oxygens (including phenoxy) is 1. The maximum absolute atomic E-state index is 6.67. The first-order valence-corrected chi connectivity index (χ1v) is 7.76. The highest BCUT2D eigenvalue weighted by atomic mass is 16.5. The van der Waals surface area contributed by atoms with Gasteiger partial charge in [-0.1, -0.05) is 31.4 Å². The zero-order chi connectivity index (χ0) is 14.6. The SMILES string of the molecule is CCOc1cccc(C(N)C2(N(C)C)CCCCC2)c1. The molecule has 1 aliphatic rings. The molecule has 1 aromatic rings. The van der Waals surface area contributed by atoms with E-state index in [1.165, 1.54) is 37.7 Å². The first-order chi connectivity index (χ1) is 9.60. The Morgan fingerprint density at radius 3 is 2.55 bits per heavy atom.